The zero-order valence-electron chi connectivity index (χ0n) is 34.4. The zero-order valence-corrected chi connectivity index (χ0v) is 34.4. The number of hydrogen-bond acceptors (Lipinski definition) is 6. The molecule has 0 N–H and O–H groups in total. The molecule has 0 aliphatic heterocycles. The maximum absolute atomic E-state index is 9.57. The summed E-state index contributed by atoms with van der Waals surface area (Å²) in [5, 5.41) is 38.3. The van der Waals surface area contributed by atoms with Crippen LogP contribution in [0.4, 0.5) is 34.1 Å². The first-order valence-corrected chi connectivity index (χ1v) is 20.0. The molecular weight excluding hydrogens is 733 g/mol. The molecule has 6 nitrogen and oxygen atoms in total. The Morgan fingerprint density at radius 2 is 0.633 bits per heavy atom. The molecule has 7 aromatic rings. The van der Waals surface area contributed by atoms with E-state index in [4.69, 9.17) is 0 Å². The largest absolute Gasteiger partial charge is 0.310 e. The Kier molecular flexibility index (Phi) is 8.72. The maximum Gasteiger partial charge on any atom is 0.0991 e. The van der Waals surface area contributed by atoms with Crippen molar-refractivity contribution in [2.75, 3.05) is 9.80 Å². The van der Waals surface area contributed by atoms with E-state index >= 15 is 0 Å². The quantitative estimate of drug-likeness (QED) is 0.167. The average molecular weight is 773 g/mol. The van der Waals surface area contributed by atoms with Gasteiger partial charge in [-0.1, -0.05) is 39.8 Å². The fourth-order valence-electron chi connectivity index (χ4n) is 9.72. The number of aryl methyl sites for hydroxylation is 2. The van der Waals surface area contributed by atoms with Crippen molar-refractivity contribution in [3.63, 3.8) is 0 Å². The molecule has 0 saturated carbocycles. The van der Waals surface area contributed by atoms with Crippen LogP contribution >= 0.6 is 0 Å². The van der Waals surface area contributed by atoms with E-state index in [0.717, 1.165) is 34.1 Å². The van der Waals surface area contributed by atoms with E-state index < -0.39 is 0 Å². The summed E-state index contributed by atoms with van der Waals surface area (Å²) < 4.78 is 0. The van der Waals surface area contributed by atoms with Gasteiger partial charge in [0.1, 0.15) is 0 Å². The van der Waals surface area contributed by atoms with Crippen molar-refractivity contribution in [2.24, 2.45) is 0 Å². The average Bonchev–Trinajstić information content (AvgIpc) is 3.64. The fourth-order valence-corrected chi connectivity index (χ4v) is 9.72. The van der Waals surface area contributed by atoms with E-state index in [2.05, 4.69) is 112 Å². The monoisotopic (exact) mass is 772 g/mol. The molecule has 7 aromatic carbocycles. The van der Waals surface area contributed by atoms with Crippen molar-refractivity contribution < 1.29 is 0 Å². The van der Waals surface area contributed by atoms with Crippen LogP contribution in [0.5, 0.6) is 0 Å². The summed E-state index contributed by atoms with van der Waals surface area (Å²) in [6, 6.07) is 53.4. The first kappa shape index (κ1) is 37.7. The first-order chi connectivity index (χ1) is 28.9. The summed E-state index contributed by atoms with van der Waals surface area (Å²) in [6.07, 6.45) is 0. The number of anilines is 6. The molecule has 60 heavy (non-hydrogen) atoms. The van der Waals surface area contributed by atoms with Gasteiger partial charge in [0.05, 0.1) is 46.5 Å². The standard InChI is InChI=1S/C54H40N6/c1-33-25-43(59(39-15-7-35(29-55)8-16-39)40-17-9-36(30-56)10-18-40)27-47-49(33)45-23-24-46-50-34(2)26-44(28-48(50)54(5,6)52(46)51(45)53(47,3)4)60(41-19-11-37(31-57)12-20-41)42-21-13-38(32-58)14-22-42/h7-28H,1-6H3. The molecule has 0 heterocycles. The molecule has 286 valence electrons. The Bertz CT molecular complexity index is 2740. The molecule has 6 heteroatoms. The summed E-state index contributed by atoms with van der Waals surface area (Å²) in [7, 11) is 0. The lowest BCUT2D eigenvalue weighted by Gasteiger charge is -2.32. The van der Waals surface area contributed by atoms with Gasteiger partial charge in [0.2, 0.25) is 0 Å². The van der Waals surface area contributed by atoms with Crippen LogP contribution in [0, 0.1) is 59.2 Å². The molecule has 9 rings (SSSR count). The van der Waals surface area contributed by atoms with Gasteiger partial charge in [0, 0.05) is 45.0 Å². The van der Waals surface area contributed by atoms with E-state index in [0.29, 0.717) is 22.3 Å². The number of nitrogens with zero attached hydrogens (tertiary/aromatic N) is 6. The molecule has 0 amide bonds. The molecule has 0 radical (unpaired) electrons. The third-order valence-corrected chi connectivity index (χ3v) is 12.5. The molecule has 0 aromatic heterocycles. The minimum absolute atomic E-state index is 0.356. The summed E-state index contributed by atoms with van der Waals surface area (Å²) in [6.45, 7) is 13.8. The second kappa shape index (κ2) is 13.9. The molecular formula is C54H40N6. The molecule has 0 saturated heterocycles. The lowest BCUT2D eigenvalue weighted by molar-refractivity contribution is 0.601. The van der Waals surface area contributed by atoms with Gasteiger partial charge in [-0.15, -0.1) is 0 Å². The highest BCUT2D eigenvalue weighted by Gasteiger charge is 2.47. The Balaban J connectivity index is 1.19. The van der Waals surface area contributed by atoms with Crippen LogP contribution in [0.1, 0.15) is 83.3 Å². The highest BCUT2D eigenvalue weighted by Crippen LogP contribution is 2.61. The van der Waals surface area contributed by atoms with Gasteiger partial charge >= 0.3 is 0 Å². The van der Waals surface area contributed by atoms with Gasteiger partial charge in [-0.2, -0.15) is 21.0 Å². The van der Waals surface area contributed by atoms with Gasteiger partial charge < -0.3 is 9.80 Å². The van der Waals surface area contributed by atoms with Crippen LogP contribution in [0.15, 0.2) is 133 Å². The van der Waals surface area contributed by atoms with E-state index in [1.807, 2.05) is 97.1 Å². The normalized spacial score (nSPS) is 13.4. The van der Waals surface area contributed by atoms with Crippen LogP contribution in [0.3, 0.4) is 0 Å². The highest BCUT2D eigenvalue weighted by molar-refractivity contribution is 5.95. The summed E-state index contributed by atoms with van der Waals surface area (Å²) >= 11 is 0. The van der Waals surface area contributed by atoms with Crippen molar-refractivity contribution in [1.29, 1.82) is 21.0 Å². The second-order valence-electron chi connectivity index (χ2n) is 16.8. The van der Waals surface area contributed by atoms with E-state index in [1.165, 1.54) is 55.6 Å². The Morgan fingerprint density at radius 1 is 0.367 bits per heavy atom. The van der Waals surface area contributed by atoms with Crippen molar-refractivity contribution >= 4 is 34.1 Å². The molecule has 0 atom stereocenters. The van der Waals surface area contributed by atoms with Gasteiger partial charge in [-0.05, 0) is 191 Å². The molecule has 0 unspecified atom stereocenters. The number of hydrogen-bond donors (Lipinski definition) is 0. The van der Waals surface area contributed by atoms with Gasteiger partial charge in [-0.25, -0.2) is 0 Å². The fraction of sp³-hybridized carbons (Fsp3) is 0.148. The number of benzene rings is 7. The van der Waals surface area contributed by atoms with E-state index in [9.17, 15) is 21.0 Å². The lowest BCUT2D eigenvalue weighted by atomic mass is 9.72. The van der Waals surface area contributed by atoms with Crippen molar-refractivity contribution in [3.05, 3.63) is 189 Å². The van der Waals surface area contributed by atoms with Crippen LogP contribution in [0.25, 0.3) is 22.3 Å². The van der Waals surface area contributed by atoms with Crippen molar-refractivity contribution in [2.45, 2.75) is 52.4 Å². The third-order valence-electron chi connectivity index (χ3n) is 12.5. The molecule has 2 aliphatic carbocycles. The van der Waals surface area contributed by atoms with Crippen molar-refractivity contribution in [3.8, 4) is 46.5 Å². The van der Waals surface area contributed by atoms with Gasteiger partial charge in [0.15, 0.2) is 0 Å². The van der Waals surface area contributed by atoms with Crippen LogP contribution < -0.4 is 9.80 Å². The third kappa shape index (κ3) is 5.74. The smallest absolute Gasteiger partial charge is 0.0991 e. The summed E-state index contributed by atoms with van der Waals surface area (Å²) in [5.74, 6) is 0. The maximum atomic E-state index is 9.57. The summed E-state index contributed by atoms with van der Waals surface area (Å²) in [5.41, 5.74) is 20.0. The number of fused-ring (bicyclic) bond motifs is 7. The predicted molar refractivity (Wildman–Crippen MR) is 239 cm³/mol. The van der Waals surface area contributed by atoms with E-state index in [-0.39, 0.29) is 10.8 Å². The Labute approximate surface area is 351 Å². The molecule has 0 fully saturated rings. The van der Waals surface area contributed by atoms with Crippen LogP contribution in [-0.4, -0.2) is 0 Å². The Hall–Kier alpha value is -7.90. The predicted octanol–water partition coefficient (Wildman–Crippen LogP) is 13.3. The number of rotatable bonds is 6. The zero-order chi connectivity index (χ0) is 42.1. The minimum atomic E-state index is -0.356. The Morgan fingerprint density at radius 3 is 0.883 bits per heavy atom. The van der Waals surface area contributed by atoms with Gasteiger partial charge in [-0.3, -0.25) is 0 Å². The number of nitriles is 4. The molecule has 2 aliphatic rings. The minimum Gasteiger partial charge on any atom is -0.310 e. The summed E-state index contributed by atoms with van der Waals surface area (Å²) in [4.78, 5) is 4.41. The first-order valence-electron chi connectivity index (χ1n) is 20.0. The van der Waals surface area contributed by atoms with Gasteiger partial charge in [0.25, 0.3) is 0 Å². The van der Waals surface area contributed by atoms with E-state index in [1.54, 1.807) is 0 Å². The topological polar surface area (TPSA) is 102 Å². The molecule has 0 spiro atoms. The highest BCUT2D eigenvalue weighted by atomic mass is 15.1. The van der Waals surface area contributed by atoms with Crippen LogP contribution in [-0.2, 0) is 10.8 Å². The molecule has 0 bridgehead atoms. The van der Waals surface area contributed by atoms with Crippen LogP contribution in [0.2, 0.25) is 0 Å². The second-order valence-corrected chi connectivity index (χ2v) is 16.8. The van der Waals surface area contributed by atoms with Crippen molar-refractivity contribution in [1.82, 2.24) is 0 Å². The SMILES string of the molecule is Cc1cc(N(c2ccc(C#N)cc2)c2ccc(C#N)cc2)cc2c1-c1ccc3c(c1C2(C)C)C(C)(C)c1cc(N(c2ccc(C#N)cc2)c2ccc(C#N)cc2)cc(C)c1-3. The lowest BCUT2D eigenvalue weighted by Crippen LogP contribution is -2.24.